The molecule has 0 saturated heterocycles. The minimum absolute atomic E-state index is 0.0586. The zero-order chi connectivity index (χ0) is 32.6. The number of carbonyl (C=O) groups is 1. The number of rotatable bonds is 7. The number of hydrogen-bond acceptors (Lipinski definition) is 6. The molecule has 4 aliphatic carbocycles. The van der Waals surface area contributed by atoms with Gasteiger partial charge in [-0.05, 0) is 86.6 Å². The molecule has 6 nitrogen and oxygen atoms in total. The van der Waals surface area contributed by atoms with Gasteiger partial charge in [-0.15, -0.1) is 0 Å². The predicted octanol–water partition coefficient (Wildman–Crippen LogP) is 8.18. The second-order valence-electron chi connectivity index (χ2n) is 17.6. The third-order valence-corrected chi connectivity index (χ3v) is 22.4. The second kappa shape index (κ2) is 11.2. The average molecular weight is 635 g/mol. The molecular weight excluding hydrogens is 573 g/mol. The lowest BCUT2D eigenvalue weighted by atomic mass is 9.49. The number of ether oxygens (including phenoxy) is 2. The molecule has 1 N–H and O–H groups in total. The Hall–Kier alpha value is -0.776. The van der Waals surface area contributed by atoms with Gasteiger partial charge >= 0.3 is 5.97 Å². The summed E-state index contributed by atoms with van der Waals surface area (Å²) >= 11 is 0. The molecule has 3 fully saturated rings. The van der Waals surface area contributed by atoms with Gasteiger partial charge in [0.25, 0.3) is 0 Å². The summed E-state index contributed by atoms with van der Waals surface area (Å²) in [4.78, 5) is 12.8. The third kappa shape index (κ3) is 5.52. The molecule has 8 atom stereocenters. The van der Waals surface area contributed by atoms with Crippen LogP contribution in [0.25, 0.3) is 0 Å². The Morgan fingerprint density at radius 1 is 0.907 bits per heavy atom. The van der Waals surface area contributed by atoms with Crippen LogP contribution in [-0.4, -0.2) is 65.8 Å². The SMILES string of the molecule is COC(=O)C(OC)[C@@]1(O)CC[C@H]2C3=CC=C4CC(O[Si](C)(C)C(C)(C)C)CC(O[Si](C)(C)C(C)(C)C)[C@]4(C)[C@H]3CC[C@@]21C. The summed E-state index contributed by atoms with van der Waals surface area (Å²) in [5.41, 5.74) is 0.980. The largest absolute Gasteiger partial charge is 0.467 e. The molecule has 0 radical (unpaired) electrons. The molecule has 4 rings (SSSR count). The van der Waals surface area contributed by atoms with E-state index in [1.165, 1.54) is 25.4 Å². The van der Waals surface area contributed by atoms with E-state index in [9.17, 15) is 9.90 Å². The van der Waals surface area contributed by atoms with Crippen molar-refractivity contribution in [3.05, 3.63) is 23.3 Å². The van der Waals surface area contributed by atoms with Crippen molar-refractivity contribution in [1.82, 2.24) is 0 Å². The smallest absolute Gasteiger partial charge is 0.338 e. The van der Waals surface area contributed by atoms with Crippen LogP contribution in [0.15, 0.2) is 23.3 Å². The molecule has 0 spiro atoms. The molecule has 0 aliphatic heterocycles. The van der Waals surface area contributed by atoms with E-state index in [-0.39, 0.29) is 33.6 Å². The molecule has 8 heteroatoms. The van der Waals surface area contributed by atoms with Gasteiger partial charge in [-0.2, -0.15) is 0 Å². The fraction of sp³-hybridized carbons (Fsp3) is 0.857. The summed E-state index contributed by atoms with van der Waals surface area (Å²) in [5, 5.41) is 12.4. The molecule has 3 unspecified atom stereocenters. The van der Waals surface area contributed by atoms with Gasteiger partial charge in [-0.3, -0.25) is 0 Å². The summed E-state index contributed by atoms with van der Waals surface area (Å²) in [6, 6.07) is 0. The Labute approximate surface area is 264 Å². The molecule has 4 aliphatic rings. The van der Waals surface area contributed by atoms with Crippen LogP contribution in [0.4, 0.5) is 0 Å². The van der Waals surface area contributed by atoms with Gasteiger partial charge in [0, 0.05) is 17.9 Å². The number of methoxy groups -OCH3 is 2. The number of aliphatic hydroxyl groups is 1. The van der Waals surface area contributed by atoms with E-state index in [1.807, 2.05) is 0 Å². The monoisotopic (exact) mass is 634 g/mol. The summed E-state index contributed by atoms with van der Waals surface area (Å²) < 4.78 is 25.3. The predicted molar refractivity (Wildman–Crippen MR) is 179 cm³/mol. The van der Waals surface area contributed by atoms with E-state index in [0.717, 1.165) is 32.1 Å². The van der Waals surface area contributed by atoms with Crippen molar-refractivity contribution in [3.63, 3.8) is 0 Å². The lowest BCUT2D eigenvalue weighted by Crippen LogP contribution is -2.61. The minimum Gasteiger partial charge on any atom is -0.467 e. The van der Waals surface area contributed by atoms with Crippen LogP contribution >= 0.6 is 0 Å². The molecular formula is C35H62O6Si2. The standard InChI is InChI=1S/C35H62O6Si2/c1-31(2,3)42(11,12)40-24-21-23-15-16-25-26-18-20-35(37,29(38-9)30(36)39-10)33(26,7)19-17-27(25)34(23,8)28(22-24)41-43(13,14)32(4,5)6/h15-16,24,26-29,37H,17-22H2,1-14H3/t24?,26-,27-,28?,29?,33-,34-,35-/m0/s1. The quantitative estimate of drug-likeness (QED) is 0.225. The summed E-state index contributed by atoms with van der Waals surface area (Å²) in [6.07, 6.45) is 8.94. The molecule has 0 aromatic rings. The minimum atomic E-state index is -2.10. The number of esters is 1. The van der Waals surface area contributed by atoms with Gasteiger partial charge in [0.2, 0.25) is 0 Å². The van der Waals surface area contributed by atoms with E-state index in [0.29, 0.717) is 12.3 Å². The van der Waals surface area contributed by atoms with Gasteiger partial charge in [-0.1, -0.05) is 78.7 Å². The fourth-order valence-electron chi connectivity index (χ4n) is 8.47. The Morgan fingerprint density at radius 3 is 2.00 bits per heavy atom. The van der Waals surface area contributed by atoms with Crippen molar-refractivity contribution in [1.29, 1.82) is 0 Å². The summed E-state index contributed by atoms with van der Waals surface area (Å²) in [5.74, 6) is 0.00203. The maximum Gasteiger partial charge on any atom is 0.338 e. The van der Waals surface area contributed by atoms with Crippen LogP contribution in [0.2, 0.25) is 36.3 Å². The Kier molecular flexibility index (Phi) is 9.13. The highest BCUT2D eigenvalue weighted by Crippen LogP contribution is 2.67. The maximum atomic E-state index is 12.8. The van der Waals surface area contributed by atoms with Crippen molar-refractivity contribution in [2.75, 3.05) is 14.2 Å². The number of carbonyl (C=O) groups excluding carboxylic acids is 1. The molecule has 0 heterocycles. The number of hydrogen-bond donors (Lipinski definition) is 1. The number of allylic oxidation sites excluding steroid dienone is 3. The highest BCUT2D eigenvalue weighted by Gasteiger charge is 2.67. The first-order valence-corrected chi connectivity index (χ1v) is 22.4. The van der Waals surface area contributed by atoms with Gasteiger partial charge < -0.3 is 23.4 Å². The maximum absolute atomic E-state index is 12.8. The van der Waals surface area contributed by atoms with Crippen molar-refractivity contribution < 1.29 is 28.2 Å². The van der Waals surface area contributed by atoms with Crippen molar-refractivity contribution in [2.24, 2.45) is 22.7 Å². The van der Waals surface area contributed by atoms with Crippen LogP contribution in [0, 0.1) is 22.7 Å². The highest BCUT2D eigenvalue weighted by atomic mass is 28.4. The fourth-order valence-corrected chi connectivity index (χ4v) is 11.2. The van der Waals surface area contributed by atoms with Crippen LogP contribution < -0.4 is 0 Å². The normalized spacial score (nSPS) is 37.5. The van der Waals surface area contributed by atoms with Gasteiger partial charge in [0.05, 0.1) is 19.3 Å². The zero-order valence-electron chi connectivity index (χ0n) is 29.8. The van der Waals surface area contributed by atoms with E-state index < -0.39 is 39.7 Å². The Morgan fingerprint density at radius 2 is 1.47 bits per heavy atom. The topological polar surface area (TPSA) is 74.2 Å². The van der Waals surface area contributed by atoms with Crippen LogP contribution in [0.1, 0.15) is 93.9 Å². The van der Waals surface area contributed by atoms with Crippen LogP contribution in [0.5, 0.6) is 0 Å². The van der Waals surface area contributed by atoms with Gasteiger partial charge in [0.1, 0.15) is 5.60 Å². The molecule has 246 valence electrons. The average Bonchev–Trinajstić information content (AvgIpc) is 3.14. The molecule has 43 heavy (non-hydrogen) atoms. The van der Waals surface area contributed by atoms with Gasteiger partial charge in [0.15, 0.2) is 22.7 Å². The molecule has 0 bridgehead atoms. The molecule has 0 aromatic carbocycles. The molecule has 0 aromatic heterocycles. The Bertz CT molecular complexity index is 1150. The molecule has 0 amide bonds. The van der Waals surface area contributed by atoms with E-state index in [1.54, 1.807) is 0 Å². The first kappa shape index (κ1) is 35.1. The van der Waals surface area contributed by atoms with E-state index in [2.05, 4.69) is 93.7 Å². The van der Waals surface area contributed by atoms with Gasteiger partial charge in [-0.25, -0.2) is 4.79 Å². The van der Waals surface area contributed by atoms with Crippen LogP contribution in [-0.2, 0) is 23.1 Å². The van der Waals surface area contributed by atoms with Crippen molar-refractivity contribution >= 4 is 22.6 Å². The lowest BCUT2D eigenvalue weighted by Gasteiger charge is -2.60. The third-order valence-electron chi connectivity index (χ3n) is 13.4. The highest BCUT2D eigenvalue weighted by molar-refractivity contribution is 6.74. The van der Waals surface area contributed by atoms with Crippen molar-refractivity contribution in [2.45, 2.75) is 154 Å². The first-order valence-electron chi connectivity index (χ1n) is 16.6. The van der Waals surface area contributed by atoms with E-state index in [4.69, 9.17) is 18.3 Å². The summed E-state index contributed by atoms with van der Waals surface area (Å²) in [6.45, 7) is 28.1. The second-order valence-corrected chi connectivity index (χ2v) is 27.1. The molecule has 3 saturated carbocycles. The first-order chi connectivity index (χ1) is 19.5. The Balaban J connectivity index is 1.76. The number of fused-ring (bicyclic) bond motifs is 5. The van der Waals surface area contributed by atoms with E-state index >= 15 is 0 Å². The lowest BCUT2D eigenvalue weighted by molar-refractivity contribution is -0.193. The van der Waals surface area contributed by atoms with Crippen LogP contribution in [0.3, 0.4) is 0 Å². The zero-order valence-corrected chi connectivity index (χ0v) is 31.8. The summed E-state index contributed by atoms with van der Waals surface area (Å²) in [7, 11) is -1.19. The van der Waals surface area contributed by atoms with Crippen molar-refractivity contribution in [3.8, 4) is 0 Å².